The largest absolute Gasteiger partial charge is 0.496 e. The normalized spacial score (nSPS) is 20.1. The van der Waals surface area contributed by atoms with Crippen molar-refractivity contribution in [3.8, 4) is 5.75 Å². The Labute approximate surface area is 103 Å². The van der Waals surface area contributed by atoms with Crippen LogP contribution in [-0.2, 0) is 13.0 Å². The molecular formula is C14H21NO2. The van der Waals surface area contributed by atoms with Gasteiger partial charge in [-0.25, -0.2) is 0 Å². The standard InChI is InChI=1S/C14H21NO2/c1-4-13-12-8-14(17-3)11(9-16)7-10(12)5-6-15(13)2/h7-8,13,16H,4-6,9H2,1-3H3. The van der Waals surface area contributed by atoms with Gasteiger partial charge < -0.3 is 9.84 Å². The molecule has 2 rings (SSSR count). The fourth-order valence-corrected chi connectivity index (χ4v) is 2.75. The van der Waals surface area contributed by atoms with Crippen molar-refractivity contribution in [1.82, 2.24) is 4.90 Å². The molecule has 3 nitrogen and oxygen atoms in total. The number of nitrogens with zero attached hydrogens (tertiary/aromatic N) is 1. The monoisotopic (exact) mass is 235 g/mol. The van der Waals surface area contributed by atoms with Crippen LogP contribution in [0.4, 0.5) is 0 Å². The fraction of sp³-hybridized carbons (Fsp3) is 0.571. The molecule has 0 aromatic heterocycles. The minimum Gasteiger partial charge on any atom is -0.496 e. The van der Waals surface area contributed by atoms with Gasteiger partial charge in [-0.2, -0.15) is 0 Å². The molecule has 1 unspecified atom stereocenters. The second-order valence-electron chi connectivity index (χ2n) is 4.68. The lowest BCUT2D eigenvalue weighted by molar-refractivity contribution is 0.223. The predicted octanol–water partition coefficient (Wildman–Crippen LogP) is 2.13. The molecule has 1 aliphatic rings. The zero-order chi connectivity index (χ0) is 12.4. The number of hydrogen-bond donors (Lipinski definition) is 1. The number of fused-ring (bicyclic) bond motifs is 1. The van der Waals surface area contributed by atoms with Gasteiger partial charge in [0.05, 0.1) is 13.7 Å². The summed E-state index contributed by atoms with van der Waals surface area (Å²) in [5.41, 5.74) is 3.61. The summed E-state index contributed by atoms with van der Waals surface area (Å²) in [5.74, 6) is 0.806. The molecule has 1 atom stereocenters. The van der Waals surface area contributed by atoms with Crippen molar-refractivity contribution < 1.29 is 9.84 Å². The Morgan fingerprint density at radius 1 is 1.47 bits per heavy atom. The molecule has 0 aliphatic carbocycles. The van der Waals surface area contributed by atoms with Gasteiger partial charge >= 0.3 is 0 Å². The zero-order valence-electron chi connectivity index (χ0n) is 10.9. The average molecular weight is 235 g/mol. The van der Waals surface area contributed by atoms with E-state index in [9.17, 15) is 5.11 Å². The van der Waals surface area contributed by atoms with E-state index >= 15 is 0 Å². The van der Waals surface area contributed by atoms with Crippen LogP contribution in [0.15, 0.2) is 12.1 Å². The van der Waals surface area contributed by atoms with Crippen LogP contribution in [0, 0.1) is 0 Å². The van der Waals surface area contributed by atoms with Crippen molar-refractivity contribution >= 4 is 0 Å². The topological polar surface area (TPSA) is 32.7 Å². The molecular weight excluding hydrogens is 214 g/mol. The predicted molar refractivity (Wildman–Crippen MR) is 68.3 cm³/mol. The molecule has 94 valence electrons. The lowest BCUT2D eigenvalue weighted by Crippen LogP contribution is -2.31. The molecule has 0 saturated heterocycles. The maximum absolute atomic E-state index is 9.34. The first-order valence-corrected chi connectivity index (χ1v) is 6.22. The molecule has 0 saturated carbocycles. The van der Waals surface area contributed by atoms with Gasteiger partial charge in [-0.15, -0.1) is 0 Å². The van der Waals surface area contributed by atoms with Crippen LogP contribution in [-0.4, -0.2) is 30.7 Å². The van der Waals surface area contributed by atoms with Gasteiger partial charge in [0.25, 0.3) is 0 Å². The van der Waals surface area contributed by atoms with E-state index in [1.54, 1.807) is 7.11 Å². The molecule has 0 radical (unpaired) electrons. The molecule has 1 heterocycles. The van der Waals surface area contributed by atoms with Crippen LogP contribution >= 0.6 is 0 Å². The molecule has 1 N–H and O–H groups in total. The van der Waals surface area contributed by atoms with Gasteiger partial charge in [0.15, 0.2) is 0 Å². The Hall–Kier alpha value is -1.06. The van der Waals surface area contributed by atoms with E-state index in [2.05, 4.69) is 31.0 Å². The number of methoxy groups -OCH3 is 1. The molecule has 1 aromatic carbocycles. The van der Waals surface area contributed by atoms with E-state index in [-0.39, 0.29) is 6.61 Å². The highest BCUT2D eigenvalue weighted by atomic mass is 16.5. The molecule has 1 aromatic rings. The minimum atomic E-state index is 0.0447. The molecule has 0 fully saturated rings. The third-order valence-electron chi connectivity index (χ3n) is 3.72. The van der Waals surface area contributed by atoms with Crippen LogP contribution in [0.2, 0.25) is 0 Å². The lowest BCUT2D eigenvalue weighted by Gasteiger charge is -2.34. The van der Waals surface area contributed by atoms with E-state index in [4.69, 9.17) is 4.74 Å². The van der Waals surface area contributed by atoms with Gasteiger partial charge in [-0.05, 0) is 43.1 Å². The van der Waals surface area contributed by atoms with E-state index in [1.807, 2.05) is 0 Å². The van der Waals surface area contributed by atoms with Crippen LogP contribution in [0.25, 0.3) is 0 Å². The number of aliphatic hydroxyl groups excluding tert-OH is 1. The maximum Gasteiger partial charge on any atom is 0.124 e. The molecule has 17 heavy (non-hydrogen) atoms. The second-order valence-corrected chi connectivity index (χ2v) is 4.68. The van der Waals surface area contributed by atoms with Crippen LogP contribution < -0.4 is 4.74 Å². The first-order chi connectivity index (χ1) is 8.21. The van der Waals surface area contributed by atoms with Crippen molar-refractivity contribution in [2.75, 3.05) is 20.7 Å². The van der Waals surface area contributed by atoms with E-state index in [0.717, 1.165) is 30.7 Å². The van der Waals surface area contributed by atoms with Crippen molar-refractivity contribution in [3.05, 3.63) is 28.8 Å². The number of rotatable bonds is 3. The van der Waals surface area contributed by atoms with Crippen LogP contribution in [0.5, 0.6) is 5.75 Å². The van der Waals surface area contributed by atoms with E-state index in [1.165, 1.54) is 11.1 Å². The van der Waals surface area contributed by atoms with Gasteiger partial charge in [0.2, 0.25) is 0 Å². The van der Waals surface area contributed by atoms with Crippen molar-refractivity contribution in [2.24, 2.45) is 0 Å². The highest BCUT2D eigenvalue weighted by Gasteiger charge is 2.24. The molecule has 0 amide bonds. The first kappa shape index (κ1) is 12.4. The maximum atomic E-state index is 9.34. The quantitative estimate of drug-likeness (QED) is 0.871. The number of benzene rings is 1. The van der Waals surface area contributed by atoms with E-state index in [0.29, 0.717) is 6.04 Å². The SMILES string of the molecule is CCC1c2cc(OC)c(CO)cc2CCN1C. The highest BCUT2D eigenvalue weighted by Crippen LogP contribution is 2.35. The van der Waals surface area contributed by atoms with Crippen LogP contribution in [0.1, 0.15) is 36.1 Å². The fourth-order valence-electron chi connectivity index (χ4n) is 2.75. The Morgan fingerprint density at radius 2 is 2.24 bits per heavy atom. The summed E-state index contributed by atoms with van der Waals surface area (Å²) in [6.45, 7) is 3.34. The summed E-state index contributed by atoms with van der Waals surface area (Å²) in [6.07, 6.45) is 2.16. The van der Waals surface area contributed by atoms with Crippen LogP contribution in [0.3, 0.4) is 0 Å². The van der Waals surface area contributed by atoms with Gasteiger partial charge in [-0.3, -0.25) is 4.90 Å². The highest BCUT2D eigenvalue weighted by molar-refractivity contribution is 5.45. The molecule has 0 spiro atoms. The number of ether oxygens (including phenoxy) is 1. The van der Waals surface area contributed by atoms with Gasteiger partial charge in [0, 0.05) is 18.2 Å². The Morgan fingerprint density at radius 3 is 2.82 bits per heavy atom. The zero-order valence-corrected chi connectivity index (χ0v) is 10.9. The molecule has 1 aliphatic heterocycles. The Bertz CT molecular complexity index is 403. The average Bonchev–Trinajstić information content (AvgIpc) is 2.37. The minimum absolute atomic E-state index is 0.0447. The third-order valence-corrected chi connectivity index (χ3v) is 3.72. The first-order valence-electron chi connectivity index (χ1n) is 6.22. The summed E-state index contributed by atoms with van der Waals surface area (Å²) in [4.78, 5) is 2.39. The third kappa shape index (κ3) is 2.17. The summed E-state index contributed by atoms with van der Waals surface area (Å²) >= 11 is 0. The summed E-state index contributed by atoms with van der Waals surface area (Å²) in [7, 11) is 3.83. The number of hydrogen-bond acceptors (Lipinski definition) is 3. The Kier molecular flexibility index (Phi) is 3.69. The van der Waals surface area contributed by atoms with Gasteiger partial charge in [-0.1, -0.05) is 6.92 Å². The van der Waals surface area contributed by atoms with Gasteiger partial charge in [0.1, 0.15) is 5.75 Å². The summed E-state index contributed by atoms with van der Waals surface area (Å²) < 4.78 is 5.35. The molecule has 0 bridgehead atoms. The lowest BCUT2D eigenvalue weighted by atomic mass is 9.89. The summed E-state index contributed by atoms with van der Waals surface area (Å²) in [6, 6.07) is 4.68. The molecule has 3 heteroatoms. The number of aliphatic hydroxyl groups is 1. The van der Waals surface area contributed by atoms with E-state index < -0.39 is 0 Å². The number of likely N-dealkylation sites (N-methyl/N-ethyl adjacent to an activating group) is 1. The summed E-state index contributed by atoms with van der Waals surface area (Å²) in [5, 5.41) is 9.34. The smallest absolute Gasteiger partial charge is 0.124 e. The van der Waals surface area contributed by atoms with Crippen molar-refractivity contribution in [2.45, 2.75) is 32.4 Å². The second kappa shape index (κ2) is 5.07. The van der Waals surface area contributed by atoms with Crippen molar-refractivity contribution in [3.63, 3.8) is 0 Å². The Balaban J connectivity index is 2.48. The van der Waals surface area contributed by atoms with Crippen molar-refractivity contribution in [1.29, 1.82) is 0 Å².